The monoisotopic (exact) mass is 208 g/mol. The third kappa shape index (κ3) is 1.56. The van der Waals surface area contributed by atoms with E-state index in [2.05, 4.69) is 10.1 Å². The van der Waals surface area contributed by atoms with Crippen LogP contribution in [0.4, 0.5) is 5.69 Å². The molecular weight excluding hydrogens is 200 g/mol. The Kier molecular flexibility index (Phi) is 2.13. The molecule has 0 aromatic carbocycles. The van der Waals surface area contributed by atoms with Crippen LogP contribution in [-0.2, 0) is 0 Å². The largest absolute Gasteiger partial charge is 0.396 e. The zero-order chi connectivity index (χ0) is 10.1. The molecule has 0 fully saturated rings. The number of aromatic nitrogens is 3. The van der Waals surface area contributed by atoms with Crippen LogP contribution in [0.25, 0.3) is 5.82 Å². The van der Waals surface area contributed by atoms with Gasteiger partial charge >= 0.3 is 0 Å². The van der Waals surface area contributed by atoms with E-state index >= 15 is 0 Å². The maximum absolute atomic E-state index is 5.76. The maximum Gasteiger partial charge on any atom is 0.176 e. The summed E-state index contributed by atoms with van der Waals surface area (Å²) in [4.78, 5) is 4.27. The number of hydrogen-bond acceptors (Lipinski definition) is 3. The van der Waals surface area contributed by atoms with Crippen molar-refractivity contribution in [2.75, 3.05) is 5.73 Å². The second-order valence-corrected chi connectivity index (χ2v) is 3.41. The van der Waals surface area contributed by atoms with Gasteiger partial charge in [-0.25, -0.2) is 9.67 Å². The van der Waals surface area contributed by atoms with Crippen molar-refractivity contribution in [2.24, 2.45) is 0 Å². The smallest absolute Gasteiger partial charge is 0.176 e. The minimum atomic E-state index is 0.563. The molecule has 5 heteroatoms. The van der Waals surface area contributed by atoms with Crippen LogP contribution in [0.15, 0.2) is 24.5 Å². The highest BCUT2D eigenvalue weighted by atomic mass is 35.5. The number of aryl methyl sites for hydroxylation is 1. The fraction of sp³-hybridized carbons (Fsp3) is 0.111. The van der Waals surface area contributed by atoms with Gasteiger partial charge in [0.25, 0.3) is 0 Å². The number of nitrogens with zero attached hydrogens (tertiary/aromatic N) is 3. The van der Waals surface area contributed by atoms with Crippen molar-refractivity contribution in [3.8, 4) is 5.82 Å². The number of rotatable bonds is 1. The molecule has 0 spiro atoms. The van der Waals surface area contributed by atoms with Crippen LogP contribution in [0.1, 0.15) is 5.69 Å². The summed E-state index contributed by atoms with van der Waals surface area (Å²) in [5.74, 6) is 0.608. The summed E-state index contributed by atoms with van der Waals surface area (Å²) in [5.41, 5.74) is 7.23. The number of halogens is 1. The Hall–Kier alpha value is -1.55. The Balaban J connectivity index is 2.55. The molecule has 2 N–H and O–H groups in total. The van der Waals surface area contributed by atoms with E-state index in [1.54, 1.807) is 23.1 Å². The Morgan fingerprint density at radius 2 is 2.21 bits per heavy atom. The van der Waals surface area contributed by atoms with Crippen LogP contribution in [-0.4, -0.2) is 14.8 Å². The molecule has 72 valence electrons. The van der Waals surface area contributed by atoms with E-state index in [-0.39, 0.29) is 0 Å². The van der Waals surface area contributed by atoms with Gasteiger partial charge < -0.3 is 5.73 Å². The summed E-state index contributed by atoms with van der Waals surface area (Å²) in [5, 5.41) is 4.59. The third-order valence-corrected chi connectivity index (χ3v) is 2.01. The van der Waals surface area contributed by atoms with Gasteiger partial charge in [-0.3, -0.25) is 0 Å². The average molecular weight is 209 g/mol. The molecule has 4 nitrogen and oxygen atoms in total. The van der Waals surface area contributed by atoms with E-state index in [4.69, 9.17) is 17.3 Å². The van der Waals surface area contributed by atoms with Crippen molar-refractivity contribution < 1.29 is 0 Å². The van der Waals surface area contributed by atoms with E-state index in [0.29, 0.717) is 16.5 Å². The second kappa shape index (κ2) is 3.31. The topological polar surface area (TPSA) is 56.7 Å². The molecule has 0 atom stereocenters. The Morgan fingerprint density at radius 1 is 1.43 bits per heavy atom. The quantitative estimate of drug-likeness (QED) is 0.778. The van der Waals surface area contributed by atoms with Crippen LogP contribution in [0.2, 0.25) is 5.02 Å². The van der Waals surface area contributed by atoms with Crippen LogP contribution < -0.4 is 5.73 Å². The minimum absolute atomic E-state index is 0.563. The zero-order valence-corrected chi connectivity index (χ0v) is 8.36. The van der Waals surface area contributed by atoms with Crippen molar-refractivity contribution in [1.82, 2.24) is 14.8 Å². The van der Waals surface area contributed by atoms with Gasteiger partial charge in [-0.15, -0.1) is 0 Å². The van der Waals surface area contributed by atoms with Gasteiger partial charge in [0.2, 0.25) is 0 Å². The lowest BCUT2D eigenvalue weighted by atomic mass is 10.3. The molecule has 0 aliphatic carbocycles. The first-order valence-corrected chi connectivity index (χ1v) is 4.48. The predicted octanol–water partition coefficient (Wildman–Crippen LogP) is 1.81. The molecule has 2 aromatic rings. The summed E-state index contributed by atoms with van der Waals surface area (Å²) in [6.45, 7) is 1.90. The lowest BCUT2D eigenvalue weighted by molar-refractivity contribution is 0.844. The first-order valence-electron chi connectivity index (χ1n) is 4.10. The lowest BCUT2D eigenvalue weighted by Crippen LogP contribution is -2.03. The maximum atomic E-state index is 5.76. The summed E-state index contributed by atoms with van der Waals surface area (Å²) in [6, 6.07) is 3.65. The summed E-state index contributed by atoms with van der Waals surface area (Å²) >= 11 is 5.75. The fourth-order valence-electron chi connectivity index (χ4n) is 1.15. The highest BCUT2D eigenvalue weighted by Gasteiger charge is 2.04. The Labute approximate surface area is 86.3 Å². The summed E-state index contributed by atoms with van der Waals surface area (Å²) < 4.78 is 1.56. The van der Waals surface area contributed by atoms with E-state index in [0.717, 1.165) is 5.69 Å². The molecule has 0 unspecified atom stereocenters. The molecule has 0 bridgehead atoms. The van der Waals surface area contributed by atoms with Gasteiger partial charge in [-0.2, -0.15) is 5.10 Å². The number of pyridine rings is 1. The standard InChI is InChI=1S/C9H9ClN4/c1-6-2-3-8(11)9(13-6)14-5-7(10)4-12-14/h2-5H,11H2,1H3. The number of anilines is 1. The number of nitrogen functional groups attached to an aromatic ring is 1. The lowest BCUT2D eigenvalue weighted by Gasteiger charge is -2.04. The van der Waals surface area contributed by atoms with Crippen molar-refractivity contribution in [1.29, 1.82) is 0 Å². The van der Waals surface area contributed by atoms with E-state index in [9.17, 15) is 0 Å². The first-order chi connectivity index (χ1) is 6.66. The number of nitrogens with two attached hydrogens (primary N) is 1. The fourth-order valence-corrected chi connectivity index (χ4v) is 1.29. The highest BCUT2D eigenvalue weighted by molar-refractivity contribution is 6.30. The van der Waals surface area contributed by atoms with Gasteiger partial charge in [0.05, 0.1) is 23.1 Å². The Bertz CT molecular complexity index is 464. The highest BCUT2D eigenvalue weighted by Crippen LogP contribution is 2.16. The second-order valence-electron chi connectivity index (χ2n) is 2.97. The molecule has 0 saturated carbocycles. The molecular formula is C9H9ClN4. The zero-order valence-electron chi connectivity index (χ0n) is 7.61. The van der Waals surface area contributed by atoms with Crippen LogP contribution in [0.3, 0.4) is 0 Å². The SMILES string of the molecule is Cc1ccc(N)c(-n2cc(Cl)cn2)n1. The molecule has 0 aliphatic rings. The molecule has 0 radical (unpaired) electrons. The van der Waals surface area contributed by atoms with E-state index < -0.39 is 0 Å². The van der Waals surface area contributed by atoms with Crippen molar-refractivity contribution in [3.63, 3.8) is 0 Å². The number of hydrogen-bond donors (Lipinski definition) is 1. The average Bonchev–Trinajstić information content (AvgIpc) is 2.56. The molecule has 0 aliphatic heterocycles. The molecule has 2 aromatic heterocycles. The third-order valence-electron chi connectivity index (χ3n) is 1.81. The van der Waals surface area contributed by atoms with Crippen molar-refractivity contribution >= 4 is 17.3 Å². The molecule has 14 heavy (non-hydrogen) atoms. The van der Waals surface area contributed by atoms with Crippen molar-refractivity contribution in [3.05, 3.63) is 35.2 Å². The van der Waals surface area contributed by atoms with Crippen LogP contribution >= 0.6 is 11.6 Å². The molecule has 0 saturated heterocycles. The normalized spacial score (nSPS) is 10.4. The van der Waals surface area contributed by atoms with Gasteiger partial charge in [0.15, 0.2) is 5.82 Å². The van der Waals surface area contributed by atoms with Gasteiger partial charge in [0.1, 0.15) is 0 Å². The first kappa shape index (κ1) is 9.02. The van der Waals surface area contributed by atoms with Crippen LogP contribution in [0, 0.1) is 6.92 Å². The minimum Gasteiger partial charge on any atom is -0.396 e. The van der Waals surface area contributed by atoms with Gasteiger partial charge in [-0.05, 0) is 19.1 Å². The predicted molar refractivity (Wildman–Crippen MR) is 55.5 cm³/mol. The van der Waals surface area contributed by atoms with E-state index in [1.165, 1.54) is 0 Å². The van der Waals surface area contributed by atoms with Gasteiger partial charge in [0, 0.05) is 5.69 Å². The molecule has 0 amide bonds. The summed E-state index contributed by atoms with van der Waals surface area (Å²) in [6.07, 6.45) is 3.21. The molecule has 2 heterocycles. The molecule has 2 rings (SSSR count). The van der Waals surface area contributed by atoms with Gasteiger partial charge in [-0.1, -0.05) is 11.6 Å². The van der Waals surface area contributed by atoms with Crippen LogP contribution in [0.5, 0.6) is 0 Å². The Morgan fingerprint density at radius 3 is 2.86 bits per heavy atom. The summed E-state index contributed by atoms with van der Waals surface area (Å²) in [7, 11) is 0. The van der Waals surface area contributed by atoms with Crippen molar-refractivity contribution in [2.45, 2.75) is 6.92 Å². The van der Waals surface area contributed by atoms with E-state index in [1.807, 2.05) is 13.0 Å².